The number of benzene rings is 1. The highest BCUT2D eigenvalue weighted by molar-refractivity contribution is 6.31. The van der Waals surface area contributed by atoms with Crippen molar-refractivity contribution in [2.75, 3.05) is 13.6 Å². The van der Waals surface area contributed by atoms with Gasteiger partial charge in [-0.05, 0) is 42.7 Å². The molecule has 0 amide bonds. The van der Waals surface area contributed by atoms with Crippen LogP contribution in [0.25, 0.3) is 5.57 Å². The summed E-state index contributed by atoms with van der Waals surface area (Å²) in [5.74, 6) is 0. The molecule has 2 rings (SSSR count). The van der Waals surface area contributed by atoms with Gasteiger partial charge in [0.1, 0.15) is 0 Å². The van der Waals surface area contributed by atoms with E-state index in [0.29, 0.717) is 0 Å². The highest BCUT2D eigenvalue weighted by atomic mass is 35.5. The number of likely N-dealkylation sites (N-methyl/N-ethyl adjacent to an activating group) is 1. The molecular formula is C12H14ClN. The first kappa shape index (κ1) is 9.75. The minimum atomic E-state index is 0.907. The van der Waals surface area contributed by atoms with Crippen LogP contribution in [0.2, 0.25) is 5.02 Å². The van der Waals surface area contributed by atoms with Gasteiger partial charge in [-0.25, -0.2) is 0 Å². The van der Waals surface area contributed by atoms with E-state index in [-0.39, 0.29) is 0 Å². The fraction of sp³-hybridized carbons (Fsp3) is 0.333. The molecule has 0 saturated carbocycles. The van der Waals surface area contributed by atoms with E-state index in [9.17, 15) is 0 Å². The van der Waals surface area contributed by atoms with Crippen LogP contribution in [0.5, 0.6) is 0 Å². The molecule has 0 heterocycles. The van der Waals surface area contributed by atoms with Crippen molar-refractivity contribution in [1.29, 1.82) is 0 Å². The van der Waals surface area contributed by atoms with Gasteiger partial charge in [0.05, 0.1) is 0 Å². The molecule has 1 aliphatic rings. The van der Waals surface area contributed by atoms with Gasteiger partial charge >= 0.3 is 0 Å². The SMILES string of the molecule is CNCC1=CCCc2c(Cl)cccc21. The fourth-order valence-corrected chi connectivity index (χ4v) is 2.24. The van der Waals surface area contributed by atoms with Gasteiger partial charge < -0.3 is 5.32 Å². The Morgan fingerprint density at radius 2 is 2.29 bits per heavy atom. The molecule has 2 heteroatoms. The van der Waals surface area contributed by atoms with Gasteiger partial charge in [0, 0.05) is 11.6 Å². The van der Waals surface area contributed by atoms with Gasteiger partial charge in [0.2, 0.25) is 0 Å². The van der Waals surface area contributed by atoms with Gasteiger partial charge in [-0.2, -0.15) is 0 Å². The predicted octanol–water partition coefficient (Wildman–Crippen LogP) is 2.89. The van der Waals surface area contributed by atoms with Gasteiger partial charge in [-0.3, -0.25) is 0 Å². The summed E-state index contributed by atoms with van der Waals surface area (Å²) in [6.07, 6.45) is 4.48. The lowest BCUT2D eigenvalue weighted by molar-refractivity contribution is 0.901. The topological polar surface area (TPSA) is 12.0 Å². The molecule has 0 saturated heterocycles. The monoisotopic (exact) mass is 207 g/mol. The van der Waals surface area contributed by atoms with Crippen LogP contribution in [-0.2, 0) is 6.42 Å². The number of hydrogen-bond acceptors (Lipinski definition) is 1. The lowest BCUT2D eigenvalue weighted by Crippen LogP contribution is -2.13. The van der Waals surface area contributed by atoms with Gasteiger partial charge in [-0.1, -0.05) is 29.8 Å². The van der Waals surface area contributed by atoms with Crippen molar-refractivity contribution in [3.8, 4) is 0 Å². The molecule has 0 atom stereocenters. The molecule has 0 aromatic heterocycles. The van der Waals surface area contributed by atoms with Crippen LogP contribution in [0.1, 0.15) is 17.5 Å². The Balaban J connectivity index is 2.43. The van der Waals surface area contributed by atoms with E-state index < -0.39 is 0 Å². The number of hydrogen-bond donors (Lipinski definition) is 1. The number of nitrogens with one attached hydrogen (secondary N) is 1. The maximum absolute atomic E-state index is 6.16. The number of halogens is 1. The van der Waals surface area contributed by atoms with Crippen molar-refractivity contribution < 1.29 is 0 Å². The average molecular weight is 208 g/mol. The summed E-state index contributed by atoms with van der Waals surface area (Å²) in [5, 5.41) is 4.09. The van der Waals surface area contributed by atoms with E-state index in [1.54, 1.807) is 0 Å². The number of allylic oxidation sites excluding steroid dienone is 1. The highest BCUT2D eigenvalue weighted by Crippen LogP contribution is 2.30. The highest BCUT2D eigenvalue weighted by Gasteiger charge is 2.13. The van der Waals surface area contributed by atoms with Crippen molar-refractivity contribution in [3.05, 3.63) is 40.4 Å². The zero-order valence-corrected chi connectivity index (χ0v) is 9.06. The van der Waals surface area contributed by atoms with Crippen LogP contribution in [0.4, 0.5) is 0 Å². The van der Waals surface area contributed by atoms with Crippen molar-refractivity contribution >= 4 is 17.2 Å². The largest absolute Gasteiger partial charge is 0.316 e. The molecule has 0 bridgehead atoms. The zero-order valence-electron chi connectivity index (χ0n) is 8.31. The predicted molar refractivity (Wildman–Crippen MR) is 61.7 cm³/mol. The van der Waals surface area contributed by atoms with E-state index in [0.717, 1.165) is 24.4 Å². The Kier molecular flexibility index (Phi) is 2.90. The Hall–Kier alpha value is -0.790. The molecule has 1 aliphatic carbocycles. The first-order valence-electron chi connectivity index (χ1n) is 4.94. The summed E-state index contributed by atoms with van der Waals surface area (Å²) in [5.41, 5.74) is 4.00. The zero-order chi connectivity index (χ0) is 9.97. The van der Waals surface area contributed by atoms with E-state index in [1.807, 2.05) is 19.2 Å². The smallest absolute Gasteiger partial charge is 0.0444 e. The summed E-state index contributed by atoms with van der Waals surface area (Å²) in [6.45, 7) is 0.924. The van der Waals surface area contributed by atoms with Crippen molar-refractivity contribution in [2.45, 2.75) is 12.8 Å². The van der Waals surface area contributed by atoms with Crippen molar-refractivity contribution in [1.82, 2.24) is 5.32 Å². The fourth-order valence-electron chi connectivity index (χ4n) is 1.97. The van der Waals surface area contributed by atoms with Crippen molar-refractivity contribution in [3.63, 3.8) is 0 Å². The van der Waals surface area contributed by atoms with Crippen molar-refractivity contribution in [2.24, 2.45) is 0 Å². The lowest BCUT2D eigenvalue weighted by Gasteiger charge is -2.18. The van der Waals surface area contributed by atoms with E-state index in [4.69, 9.17) is 11.6 Å². The third-order valence-electron chi connectivity index (χ3n) is 2.62. The summed E-state index contributed by atoms with van der Waals surface area (Å²) in [4.78, 5) is 0. The average Bonchev–Trinajstić information content (AvgIpc) is 2.20. The molecule has 0 spiro atoms. The first-order chi connectivity index (χ1) is 6.83. The van der Waals surface area contributed by atoms with Crippen LogP contribution in [0.15, 0.2) is 24.3 Å². The van der Waals surface area contributed by atoms with Crippen LogP contribution >= 0.6 is 11.6 Å². The molecule has 0 aliphatic heterocycles. The number of fused-ring (bicyclic) bond motifs is 1. The Bertz CT molecular complexity index is 369. The molecular weight excluding hydrogens is 194 g/mol. The summed E-state index contributed by atoms with van der Waals surface area (Å²) in [6, 6.07) is 6.15. The summed E-state index contributed by atoms with van der Waals surface area (Å²) in [7, 11) is 1.97. The molecule has 0 fully saturated rings. The quantitative estimate of drug-likeness (QED) is 0.787. The third kappa shape index (κ3) is 1.70. The molecule has 14 heavy (non-hydrogen) atoms. The van der Waals surface area contributed by atoms with Crippen LogP contribution in [0, 0.1) is 0 Å². The van der Waals surface area contributed by atoms with Crippen LogP contribution < -0.4 is 5.32 Å². The summed E-state index contributed by atoms with van der Waals surface area (Å²) < 4.78 is 0. The molecule has 1 nitrogen and oxygen atoms in total. The molecule has 74 valence electrons. The van der Waals surface area contributed by atoms with Crippen LogP contribution in [0.3, 0.4) is 0 Å². The summed E-state index contributed by atoms with van der Waals surface area (Å²) >= 11 is 6.16. The van der Waals surface area contributed by atoms with Gasteiger partial charge in [-0.15, -0.1) is 0 Å². The lowest BCUT2D eigenvalue weighted by atomic mass is 9.91. The maximum Gasteiger partial charge on any atom is 0.0444 e. The van der Waals surface area contributed by atoms with Gasteiger partial charge in [0.25, 0.3) is 0 Å². The maximum atomic E-state index is 6.16. The molecule has 1 N–H and O–H groups in total. The second-order valence-corrected chi connectivity index (χ2v) is 3.97. The Morgan fingerprint density at radius 1 is 1.43 bits per heavy atom. The minimum Gasteiger partial charge on any atom is -0.316 e. The molecule has 0 radical (unpaired) electrons. The number of rotatable bonds is 2. The second-order valence-electron chi connectivity index (χ2n) is 3.56. The first-order valence-corrected chi connectivity index (χ1v) is 5.32. The van der Waals surface area contributed by atoms with E-state index in [1.165, 1.54) is 16.7 Å². The normalized spacial score (nSPS) is 14.9. The van der Waals surface area contributed by atoms with E-state index in [2.05, 4.69) is 17.5 Å². The van der Waals surface area contributed by atoms with Crippen LogP contribution in [-0.4, -0.2) is 13.6 Å². The molecule has 1 aromatic rings. The second kappa shape index (κ2) is 4.16. The van der Waals surface area contributed by atoms with Gasteiger partial charge in [0.15, 0.2) is 0 Å². The Morgan fingerprint density at radius 3 is 3.07 bits per heavy atom. The minimum absolute atomic E-state index is 0.907. The third-order valence-corrected chi connectivity index (χ3v) is 2.97. The van der Waals surface area contributed by atoms with E-state index >= 15 is 0 Å². The molecule has 1 aromatic carbocycles. The Labute approximate surface area is 89.8 Å². The standard InChI is InChI=1S/C12H14ClN/c1-14-8-9-4-2-6-11-10(9)5-3-7-12(11)13/h3-5,7,14H,2,6,8H2,1H3. The molecule has 0 unspecified atom stereocenters.